The Hall–Kier alpha value is -2.38. The van der Waals surface area contributed by atoms with Crippen molar-refractivity contribution in [3.63, 3.8) is 0 Å². The molecule has 0 aliphatic carbocycles. The summed E-state index contributed by atoms with van der Waals surface area (Å²) in [5, 5.41) is 5.00. The second-order valence-electron chi connectivity index (χ2n) is 6.27. The van der Waals surface area contributed by atoms with Gasteiger partial charge in [0, 0.05) is 11.9 Å². The van der Waals surface area contributed by atoms with Gasteiger partial charge >= 0.3 is 6.09 Å². The van der Waals surface area contributed by atoms with Crippen molar-refractivity contribution in [1.82, 2.24) is 4.98 Å². The molecule has 2 rings (SSSR count). The Labute approximate surface area is 159 Å². The summed E-state index contributed by atoms with van der Waals surface area (Å²) in [5.41, 5.74) is -0.454. The van der Waals surface area contributed by atoms with Gasteiger partial charge in [-0.3, -0.25) is 10.1 Å². The van der Waals surface area contributed by atoms with Crippen LogP contribution in [0.2, 0.25) is 10.2 Å². The average Bonchev–Trinajstić information content (AvgIpc) is 2.51. The van der Waals surface area contributed by atoms with Crippen LogP contribution in [-0.2, 0) is 4.74 Å². The van der Waals surface area contributed by atoms with Crippen molar-refractivity contribution in [2.45, 2.75) is 26.4 Å². The topological polar surface area (TPSA) is 80.3 Å². The van der Waals surface area contributed by atoms with Crippen LogP contribution in [-0.4, -0.2) is 22.6 Å². The average molecular weight is 400 g/mol. The normalized spacial score (nSPS) is 11.0. The smallest absolute Gasteiger partial charge is 0.412 e. The number of aromatic nitrogens is 1. The first-order chi connectivity index (χ1) is 12.0. The van der Waals surface area contributed by atoms with E-state index in [9.17, 15) is 14.0 Å². The van der Waals surface area contributed by atoms with E-state index in [4.69, 9.17) is 27.9 Å². The lowest BCUT2D eigenvalue weighted by atomic mass is 10.2. The Morgan fingerprint density at radius 3 is 2.46 bits per heavy atom. The maximum atomic E-state index is 14.0. The van der Waals surface area contributed by atoms with Gasteiger partial charge in [-0.1, -0.05) is 23.2 Å². The molecule has 0 saturated carbocycles. The lowest BCUT2D eigenvalue weighted by Gasteiger charge is -2.19. The minimum absolute atomic E-state index is 0.0537. The van der Waals surface area contributed by atoms with Crippen molar-refractivity contribution in [2.75, 3.05) is 10.6 Å². The maximum absolute atomic E-state index is 14.0. The monoisotopic (exact) mass is 399 g/mol. The highest BCUT2D eigenvalue weighted by molar-refractivity contribution is 6.41. The van der Waals surface area contributed by atoms with Crippen molar-refractivity contribution in [1.29, 1.82) is 0 Å². The summed E-state index contributed by atoms with van der Waals surface area (Å²) in [6.07, 6.45) is 0.514. The third kappa shape index (κ3) is 5.57. The fraction of sp³-hybridized carbons (Fsp3) is 0.235. The van der Waals surface area contributed by atoms with E-state index < -0.39 is 23.4 Å². The molecule has 1 heterocycles. The van der Waals surface area contributed by atoms with Gasteiger partial charge in [-0.2, -0.15) is 0 Å². The summed E-state index contributed by atoms with van der Waals surface area (Å²) in [7, 11) is 0. The lowest BCUT2D eigenvalue weighted by molar-refractivity contribution is 0.0636. The van der Waals surface area contributed by atoms with Gasteiger partial charge in [0.15, 0.2) is 0 Å². The Morgan fingerprint density at radius 1 is 1.15 bits per heavy atom. The van der Waals surface area contributed by atoms with Crippen molar-refractivity contribution in [3.05, 3.63) is 52.0 Å². The van der Waals surface area contributed by atoms with Gasteiger partial charge < -0.3 is 10.1 Å². The molecule has 0 bridgehead atoms. The van der Waals surface area contributed by atoms with E-state index in [1.165, 1.54) is 24.4 Å². The summed E-state index contributed by atoms with van der Waals surface area (Å²) in [6, 6.07) is 5.03. The van der Waals surface area contributed by atoms with E-state index in [-0.39, 0.29) is 27.1 Å². The molecule has 0 aliphatic heterocycles. The van der Waals surface area contributed by atoms with Crippen LogP contribution in [0, 0.1) is 5.82 Å². The van der Waals surface area contributed by atoms with Gasteiger partial charge in [0.05, 0.1) is 16.3 Å². The molecule has 138 valence electrons. The third-order valence-electron chi connectivity index (χ3n) is 2.92. The molecule has 2 amide bonds. The lowest BCUT2D eigenvalue weighted by Crippen LogP contribution is -2.27. The Balaban J connectivity index is 2.15. The maximum Gasteiger partial charge on any atom is 0.412 e. The van der Waals surface area contributed by atoms with Crippen LogP contribution in [0.3, 0.4) is 0 Å². The number of halogens is 3. The van der Waals surface area contributed by atoms with E-state index in [1.807, 2.05) is 0 Å². The van der Waals surface area contributed by atoms with Crippen molar-refractivity contribution >= 4 is 46.6 Å². The highest BCUT2D eigenvalue weighted by Crippen LogP contribution is 2.23. The SMILES string of the molecule is CC(C)(C)OC(=O)Nc1ccc(F)c(NC(=O)c2cnc(Cl)c(Cl)c2)c1. The van der Waals surface area contributed by atoms with Crippen LogP contribution >= 0.6 is 23.2 Å². The molecule has 9 heteroatoms. The zero-order valence-corrected chi connectivity index (χ0v) is 15.7. The molecule has 0 atom stereocenters. The number of hydrogen-bond donors (Lipinski definition) is 2. The zero-order chi connectivity index (χ0) is 19.5. The molecule has 0 saturated heterocycles. The number of carbonyl (C=O) groups is 2. The first kappa shape index (κ1) is 19.9. The van der Waals surface area contributed by atoms with Crippen LogP contribution in [0.15, 0.2) is 30.5 Å². The Kier molecular flexibility index (Phi) is 6.05. The van der Waals surface area contributed by atoms with Gasteiger partial charge in [-0.05, 0) is 45.0 Å². The van der Waals surface area contributed by atoms with Gasteiger partial charge in [0.25, 0.3) is 5.91 Å². The summed E-state index contributed by atoms with van der Waals surface area (Å²) in [4.78, 5) is 27.8. The molecule has 0 radical (unpaired) electrons. The van der Waals surface area contributed by atoms with Crippen LogP contribution in [0.5, 0.6) is 0 Å². The van der Waals surface area contributed by atoms with Crippen LogP contribution < -0.4 is 10.6 Å². The molecule has 0 aliphatic rings. The zero-order valence-electron chi connectivity index (χ0n) is 14.2. The molecule has 0 unspecified atom stereocenters. The number of benzene rings is 1. The molecule has 1 aromatic carbocycles. The quantitative estimate of drug-likeness (QED) is 0.701. The van der Waals surface area contributed by atoms with E-state index in [0.29, 0.717) is 0 Å². The van der Waals surface area contributed by atoms with Gasteiger partial charge in [-0.25, -0.2) is 14.2 Å². The number of ether oxygens (including phenoxy) is 1. The number of hydrogen-bond acceptors (Lipinski definition) is 4. The molecule has 0 spiro atoms. The van der Waals surface area contributed by atoms with E-state index >= 15 is 0 Å². The standard InChI is InChI=1S/C17H16Cl2FN3O3/c1-17(2,3)26-16(25)22-10-4-5-12(20)13(7-10)23-15(24)9-6-11(18)14(19)21-8-9/h4-8H,1-3H3,(H,22,25)(H,23,24). The number of nitrogens with one attached hydrogen (secondary N) is 2. The summed E-state index contributed by atoms with van der Waals surface area (Å²) < 4.78 is 19.1. The highest BCUT2D eigenvalue weighted by Gasteiger charge is 2.17. The first-order valence-corrected chi connectivity index (χ1v) is 8.23. The third-order valence-corrected chi connectivity index (χ3v) is 3.60. The minimum atomic E-state index is -0.699. The van der Waals surface area contributed by atoms with Gasteiger partial charge in [0.2, 0.25) is 0 Å². The molecular formula is C17H16Cl2FN3O3. The summed E-state index contributed by atoms with van der Waals surface area (Å²) in [5.74, 6) is -1.31. The molecule has 0 fully saturated rings. The number of carbonyl (C=O) groups excluding carboxylic acids is 2. The summed E-state index contributed by atoms with van der Waals surface area (Å²) >= 11 is 11.5. The number of amides is 2. The van der Waals surface area contributed by atoms with Crippen LogP contribution in [0.1, 0.15) is 31.1 Å². The van der Waals surface area contributed by atoms with Crippen LogP contribution in [0.4, 0.5) is 20.6 Å². The predicted octanol–water partition coefficient (Wildman–Crippen LogP) is 5.13. The Morgan fingerprint density at radius 2 is 1.85 bits per heavy atom. The second-order valence-corrected chi connectivity index (χ2v) is 7.04. The minimum Gasteiger partial charge on any atom is -0.444 e. The number of anilines is 2. The molecule has 6 nitrogen and oxygen atoms in total. The Bertz CT molecular complexity index is 854. The number of pyridine rings is 1. The van der Waals surface area contributed by atoms with Gasteiger partial charge in [-0.15, -0.1) is 0 Å². The molecule has 2 N–H and O–H groups in total. The molecule has 1 aromatic heterocycles. The fourth-order valence-corrected chi connectivity index (χ4v) is 2.13. The molecular weight excluding hydrogens is 384 g/mol. The van der Waals surface area contributed by atoms with Crippen molar-refractivity contribution < 1.29 is 18.7 Å². The van der Waals surface area contributed by atoms with E-state index in [0.717, 1.165) is 6.07 Å². The first-order valence-electron chi connectivity index (χ1n) is 7.47. The summed E-state index contributed by atoms with van der Waals surface area (Å²) in [6.45, 7) is 5.15. The predicted molar refractivity (Wildman–Crippen MR) is 98.5 cm³/mol. The van der Waals surface area contributed by atoms with E-state index in [1.54, 1.807) is 20.8 Å². The number of nitrogens with zero attached hydrogens (tertiary/aromatic N) is 1. The van der Waals surface area contributed by atoms with Gasteiger partial charge in [0.1, 0.15) is 16.6 Å². The van der Waals surface area contributed by atoms with Crippen molar-refractivity contribution in [2.24, 2.45) is 0 Å². The highest BCUT2D eigenvalue weighted by atomic mass is 35.5. The number of rotatable bonds is 3. The van der Waals surface area contributed by atoms with E-state index in [2.05, 4.69) is 15.6 Å². The molecule has 2 aromatic rings. The second kappa shape index (κ2) is 7.88. The molecule has 26 heavy (non-hydrogen) atoms. The fourth-order valence-electron chi connectivity index (χ4n) is 1.86. The largest absolute Gasteiger partial charge is 0.444 e. The van der Waals surface area contributed by atoms with Crippen LogP contribution in [0.25, 0.3) is 0 Å². The van der Waals surface area contributed by atoms with Crippen molar-refractivity contribution in [3.8, 4) is 0 Å².